The maximum atomic E-state index is 12.2. The van der Waals surface area contributed by atoms with Gasteiger partial charge in [-0.25, -0.2) is 4.79 Å². The third-order valence-corrected chi connectivity index (χ3v) is 2.96. The van der Waals surface area contributed by atoms with E-state index in [0.29, 0.717) is 18.3 Å². The minimum Gasteiger partial charge on any atom is -0.444 e. The molecule has 0 N–H and O–H groups in total. The molecular weight excluding hydrogens is 246 g/mol. The Hall–Kier alpha value is -1.59. The van der Waals surface area contributed by atoms with E-state index in [2.05, 4.69) is 10.1 Å². The van der Waals surface area contributed by atoms with Gasteiger partial charge in [-0.05, 0) is 47.0 Å². The highest BCUT2D eigenvalue weighted by molar-refractivity contribution is 5.68. The van der Waals surface area contributed by atoms with Crippen molar-refractivity contribution in [3.63, 3.8) is 0 Å². The van der Waals surface area contributed by atoms with Gasteiger partial charge in [-0.1, -0.05) is 5.16 Å². The molecule has 0 radical (unpaired) electrons. The number of amides is 1. The van der Waals surface area contributed by atoms with E-state index >= 15 is 0 Å². The first-order valence-corrected chi connectivity index (χ1v) is 6.66. The predicted molar refractivity (Wildman–Crippen MR) is 68.6 cm³/mol. The number of carbonyl (C=O) groups excluding carboxylic acids is 1. The smallest absolute Gasteiger partial charge is 0.410 e. The van der Waals surface area contributed by atoms with Crippen LogP contribution in [0.3, 0.4) is 0 Å². The van der Waals surface area contributed by atoms with Gasteiger partial charge in [0, 0.05) is 6.54 Å². The van der Waals surface area contributed by atoms with Crippen LogP contribution in [0.15, 0.2) is 4.52 Å². The average molecular weight is 267 g/mol. The Morgan fingerprint density at radius 2 is 2.16 bits per heavy atom. The van der Waals surface area contributed by atoms with Gasteiger partial charge in [0.1, 0.15) is 11.6 Å². The summed E-state index contributed by atoms with van der Waals surface area (Å²) in [6.45, 7) is 8.02. The topological polar surface area (TPSA) is 68.5 Å². The van der Waals surface area contributed by atoms with Gasteiger partial charge < -0.3 is 9.26 Å². The third-order valence-electron chi connectivity index (χ3n) is 2.96. The highest BCUT2D eigenvalue weighted by Gasteiger charge is 2.34. The lowest BCUT2D eigenvalue weighted by Crippen LogP contribution is -2.42. The number of carbonyl (C=O) groups is 1. The summed E-state index contributed by atoms with van der Waals surface area (Å²) in [5.74, 6) is 1.09. The molecule has 0 aliphatic carbocycles. The number of nitrogens with zero attached hydrogens (tertiary/aromatic N) is 3. The second-order valence-corrected chi connectivity index (χ2v) is 5.87. The fourth-order valence-corrected chi connectivity index (χ4v) is 2.18. The zero-order valence-corrected chi connectivity index (χ0v) is 12.0. The van der Waals surface area contributed by atoms with Crippen LogP contribution in [-0.2, 0) is 4.74 Å². The molecule has 6 heteroatoms. The van der Waals surface area contributed by atoms with Crippen molar-refractivity contribution in [3.8, 4) is 0 Å². The molecule has 106 valence electrons. The zero-order valence-electron chi connectivity index (χ0n) is 12.0. The van der Waals surface area contributed by atoms with Gasteiger partial charge in [-0.3, -0.25) is 4.90 Å². The van der Waals surface area contributed by atoms with E-state index in [1.807, 2.05) is 20.8 Å². The van der Waals surface area contributed by atoms with Gasteiger partial charge in [0.2, 0.25) is 5.89 Å². The molecule has 1 saturated heterocycles. The number of piperidine rings is 1. The van der Waals surface area contributed by atoms with Crippen LogP contribution in [0.25, 0.3) is 0 Å². The molecular formula is C13H21N3O3. The quantitative estimate of drug-likeness (QED) is 0.782. The molecule has 2 rings (SSSR count). The van der Waals surface area contributed by atoms with Gasteiger partial charge in [-0.2, -0.15) is 4.98 Å². The van der Waals surface area contributed by atoms with Crippen LogP contribution < -0.4 is 0 Å². The number of ether oxygens (including phenoxy) is 1. The van der Waals surface area contributed by atoms with Crippen LogP contribution in [0.4, 0.5) is 4.79 Å². The molecule has 1 aliphatic heterocycles. The normalized spacial score (nSPS) is 20.4. The lowest BCUT2D eigenvalue weighted by atomic mass is 10.0. The molecule has 1 unspecified atom stereocenters. The van der Waals surface area contributed by atoms with Crippen LogP contribution in [0.1, 0.15) is 57.8 Å². The average Bonchev–Trinajstić information content (AvgIpc) is 2.73. The zero-order chi connectivity index (χ0) is 14.0. The summed E-state index contributed by atoms with van der Waals surface area (Å²) in [5.41, 5.74) is -0.496. The van der Waals surface area contributed by atoms with E-state index < -0.39 is 5.60 Å². The highest BCUT2D eigenvalue weighted by Crippen LogP contribution is 2.31. The Bertz CT molecular complexity index is 450. The predicted octanol–water partition coefficient (Wildman–Crippen LogP) is 2.84. The maximum Gasteiger partial charge on any atom is 0.410 e. The van der Waals surface area contributed by atoms with Crippen molar-refractivity contribution in [3.05, 3.63) is 11.7 Å². The fourth-order valence-electron chi connectivity index (χ4n) is 2.18. The molecule has 0 bridgehead atoms. The summed E-state index contributed by atoms with van der Waals surface area (Å²) in [5, 5.41) is 3.80. The van der Waals surface area contributed by atoms with Crippen molar-refractivity contribution < 1.29 is 14.1 Å². The maximum absolute atomic E-state index is 12.2. The Kier molecular flexibility index (Phi) is 3.78. The number of aromatic nitrogens is 2. The summed E-state index contributed by atoms with van der Waals surface area (Å²) >= 11 is 0. The molecule has 1 aliphatic rings. The summed E-state index contributed by atoms with van der Waals surface area (Å²) in [7, 11) is 0. The summed E-state index contributed by atoms with van der Waals surface area (Å²) < 4.78 is 10.6. The van der Waals surface area contributed by atoms with Gasteiger partial charge in [0.15, 0.2) is 5.82 Å². The van der Waals surface area contributed by atoms with Gasteiger partial charge in [0.05, 0.1) is 0 Å². The van der Waals surface area contributed by atoms with E-state index in [0.717, 1.165) is 19.3 Å². The number of likely N-dealkylation sites (tertiary alicyclic amines) is 1. The minimum absolute atomic E-state index is 0.162. The van der Waals surface area contributed by atoms with Crippen LogP contribution in [0.2, 0.25) is 0 Å². The number of hydrogen-bond donors (Lipinski definition) is 0. The lowest BCUT2D eigenvalue weighted by molar-refractivity contribution is 0.00538. The SMILES string of the molecule is Cc1noc(C2CCCCN2C(=O)OC(C)(C)C)n1. The summed E-state index contributed by atoms with van der Waals surface area (Å²) in [4.78, 5) is 18.2. The van der Waals surface area contributed by atoms with Gasteiger partial charge in [-0.15, -0.1) is 0 Å². The standard InChI is InChI=1S/C13H21N3O3/c1-9-14-11(19-15-9)10-7-5-6-8-16(10)12(17)18-13(2,3)4/h10H,5-8H2,1-4H3. The van der Waals surface area contributed by atoms with Gasteiger partial charge in [0.25, 0.3) is 0 Å². The monoisotopic (exact) mass is 267 g/mol. The van der Waals surface area contributed by atoms with Crippen LogP contribution in [0.5, 0.6) is 0 Å². The highest BCUT2D eigenvalue weighted by atomic mass is 16.6. The molecule has 1 fully saturated rings. The number of hydrogen-bond acceptors (Lipinski definition) is 5. The molecule has 0 spiro atoms. The molecule has 1 aromatic heterocycles. The van der Waals surface area contributed by atoms with Crippen molar-refractivity contribution in [2.75, 3.05) is 6.54 Å². The molecule has 0 saturated carbocycles. The van der Waals surface area contributed by atoms with Crippen LogP contribution in [-0.4, -0.2) is 33.3 Å². The molecule has 1 atom stereocenters. The fraction of sp³-hybridized carbons (Fsp3) is 0.769. The van der Waals surface area contributed by atoms with Crippen molar-refractivity contribution in [2.24, 2.45) is 0 Å². The van der Waals surface area contributed by atoms with E-state index in [4.69, 9.17) is 9.26 Å². The summed E-state index contributed by atoms with van der Waals surface area (Å²) in [6, 6.07) is -0.162. The Morgan fingerprint density at radius 1 is 1.42 bits per heavy atom. The second kappa shape index (κ2) is 5.19. The van der Waals surface area contributed by atoms with Crippen molar-refractivity contribution in [1.29, 1.82) is 0 Å². The molecule has 0 aromatic carbocycles. The molecule has 1 aromatic rings. The Morgan fingerprint density at radius 3 is 2.74 bits per heavy atom. The third kappa shape index (κ3) is 3.45. The molecule has 2 heterocycles. The molecule has 19 heavy (non-hydrogen) atoms. The van der Waals surface area contributed by atoms with Crippen molar-refractivity contribution >= 4 is 6.09 Å². The largest absolute Gasteiger partial charge is 0.444 e. The van der Waals surface area contributed by atoms with Crippen LogP contribution in [0, 0.1) is 6.92 Å². The van der Waals surface area contributed by atoms with E-state index in [1.54, 1.807) is 11.8 Å². The van der Waals surface area contributed by atoms with E-state index in [1.165, 1.54) is 0 Å². The van der Waals surface area contributed by atoms with Crippen LogP contribution >= 0.6 is 0 Å². The lowest BCUT2D eigenvalue weighted by Gasteiger charge is -2.34. The summed E-state index contributed by atoms with van der Waals surface area (Å²) in [6.07, 6.45) is 2.54. The number of rotatable bonds is 1. The number of aryl methyl sites for hydroxylation is 1. The van der Waals surface area contributed by atoms with Crippen molar-refractivity contribution in [2.45, 2.75) is 58.6 Å². The Balaban J connectivity index is 2.14. The van der Waals surface area contributed by atoms with E-state index in [-0.39, 0.29) is 12.1 Å². The molecule has 6 nitrogen and oxygen atoms in total. The second-order valence-electron chi connectivity index (χ2n) is 5.87. The molecule has 1 amide bonds. The van der Waals surface area contributed by atoms with Gasteiger partial charge >= 0.3 is 6.09 Å². The first-order valence-electron chi connectivity index (χ1n) is 6.66. The first-order chi connectivity index (χ1) is 8.87. The first kappa shape index (κ1) is 13.8. The Labute approximate surface area is 113 Å². The van der Waals surface area contributed by atoms with E-state index in [9.17, 15) is 4.79 Å². The minimum atomic E-state index is -0.496. The van der Waals surface area contributed by atoms with Crippen molar-refractivity contribution in [1.82, 2.24) is 15.0 Å².